The van der Waals surface area contributed by atoms with Crippen molar-refractivity contribution in [3.8, 4) is 0 Å². The lowest BCUT2D eigenvalue weighted by atomic mass is 10.1. The number of hydrogen-bond acceptors (Lipinski definition) is 2. The molecule has 98 valence electrons. The van der Waals surface area contributed by atoms with Crippen LogP contribution in [-0.2, 0) is 9.59 Å². The second-order valence-electron chi connectivity index (χ2n) is 3.99. The molecule has 0 saturated heterocycles. The normalized spacial score (nSPS) is 12.0. The van der Waals surface area contributed by atoms with E-state index in [-0.39, 0.29) is 12.1 Å². The largest absolute Gasteiger partial charge is 0.481 e. The fraction of sp³-hybridized carbons (Fsp3) is 0.333. The molecule has 1 atom stereocenters. The molecule has 18 heavy (non-hydrogen) atoms. The van der Waals surface area contributed by atoms with E-state index in [4.69, 9.17) is 5.11 Å². The minimum Gasteiger partial charge on any atom is -0.481 e. The third kappa shape index (κ3) is 3.26. The van der Waals surface area contributed by atoms with Gasteiger partial charge in [-0.3, -0.25) is 9.59 Å². The van der Waals surface area contributed by atoms with Gasteiger partial charge in [-0.2, -0.15) is 0 Å². The lowest BCUT2D eigenvalue weighted by molar-refractivity contribution is -0.143. The summed E-state index contributed by atoms with van der Waals surface area (Å²) in [4.78, 5) is 23.3. The number of benzene rings is 1. The lowest BCUT2D eigenvalue weighted by Gasteiger charge is -2.19. The topological polar surface area (TPSA) is 57.6 Å². The number of carboxylic acid groups (broad SMARTS) is 1. The number of carboxylic acids is 1. The Bertz CT molecular complexity index is 476. The second kappa shape index (κ2) is 5.57. The Morgan fingerprint density at radius 2 is 2.00 bits per heavy atom. The van der Waals surface area contributed by atoms with Gasteiger partial charge in [-0.05, 0) is 12.1 Å². The van der Waals surface area contributed by atoms with Crippen molar-refractivity contribution in [1.29, 1.82) is 0 Å². The Kier molecular flexibility index (Phi) is 4.36. The van der Waals surface area contributed by atoms with E-state index >= 15 is 0 Å². The number of rotatable bonds is 4. The van der Waals surface area contributed by atoms with Crippen LogP contribution in [0.3, 0.4) is 0 Å². The molecule has 0 bridgehead atoms. The van der Waals surface area contributed by atoms with Crippen LogP contribution in [0.1, 0.15) is 13.3 Å². The number of halogens is 2. The van der Waals surface area contributed by atoms with Crippen LogP contribution in [0.2, 0.25) is 0 Å². The van der Waals surface area contributed by atoms with Gasteiger partial charge in [-0.25, -0.2) is 8.78 Å². The molecule has 1 aromatic carbocycles. The first-order valence-electron chi connectivity index (χ1n) is 5.27. The van der Waals surface area contributed by atoms with Crippen LogP contribution in [0.4, 0.5) is 14.5 Å². The maximum Gasteiger partial charge on any atom is 0.306 e. The van der Waals surface area contributed by atoms with Gasteiger partial charge in [0.15, 0.2) is 0 Å². The quantitative estimate of drug-likeness (QED) is 0.898. The van der Waals surface area contributed by atoms with Crippen molar-refractivity contribution in [3.05, 3.63) is 29.8 Å². The van der Waals surface area contributed by atoms with Crippen molar-refractivity contribution < 1.29 is 23.5 Å². The molecule has 0 aromatic heterocycles. The molecular weight excluding hydrogens is 244 g/mol. The zero-order valence-corrected chi connectivity index (χ0v) is 9.98. The first-order valence-corrected chi connectivity index (χ1v) is 5.27. The van der Waals surface area contributed by atoms with E-state index in [1.54, 1.807) is 0 Å². The maximum atomic E-state index is 13.4. The molecule has 0 spiro atoms. The highest BCUT2D eigenvalue weighted by Crippen LogP contribution is 2.20. The Hall–Kier alpha value is -1.98. The van der Waals surface area contributed by atoms with Crippen LogP contribution in [-0.4, -0.2) is 24.0 Å². The van der Waals surface area contributed by atoms with Gasteiger partial charge in [0.05, 0.1) is 11.6 Å². The van der Waals surface area contributed by atoms with Gasteiger partial charge in [-0.15, -0.1) is 0 Å². The summed E-state index contributed by atoms with van der Waals surface area (Å²) in [5.41, 5.74) is -0.0843. The van der Waals surface area contributed by atoms with Gasteiger partial charge in [0, 0.05) is 19.5 Å². The average Bonchev–Trinajstić information content (AvgIpc) is 2.27. The number of carbonyl (C=O) groups is 2. The summed E-state index contributed by atoms with van der Waals surface area (Å²) >= 11 is 0. The minimum absolute atomic E-state index is 0.0843. The van der Waals surface area contributed by atoms with E-state index in [2.05, 4.69) is 0 Å². The van der Waals surface area contributed by atoms with Gasteiger partial charge in [0.2, 0.25) is 5.91 Å². The molecule has 6 heteroatoms. The van der Waals surface area contributed by atoms with Gasteiger partial charge in [0.1, 0.15) is 11.6 Å². The molecule has 1 amide bonds. The summed E-state index contributed by atoms with van der Waals surface area (Å²) in [6.07, 6.45) is -0.247. The summed E-state index contributed by atoms with van der Waals surface area (Å²) in [7, 11) is 1.31. The monoisotopic (exact) mass is 257 g/mol. The van der Waals surface area contributed by atoms with Crippen LogP contribution < -0.4 is 4.90 Å². The molecule has 0 fully saturated rings. The molecule has 0 aliphatic carbocycles. The molecule has 1 rings (SSSR count). The number of nitrogens with zero attached hydrogens (tertiary/aromatic N) is 1. The lowest BCUT2D eigenvalue weighted by Crippen LogP contribution is -2.30. The highest BCUT2D eigenvalue weighted by atomic mass is 19.1. The highest BCUT2D eigenvalue weighted by Gasteiger charge is 2.21. The number of hydrogen-bond donors (Lipinski definition) is 1. The fourth-order valence-electron chi connectivity index (χ4n) is 1.37. The van der Waals surface area contributed by atoms with Crippen molar-refractivity contribution in [1.82, 2.24) is 0 Å². The maximum absolute atomic E-state index is 13.4. The molecule has 0 aliphatic rings. The molecule has 0 aliphatic heterocycles. The average molecular weight is 257 g/mol. The molecule has 0 radical (unpaired) electrons. The Labute approximate surface area is 103 Å². The predicted molar refractivity (Wildman–Crippen MR) is 61.2 cm³/mol. The summed E-state index contributed by atoms with van der Waals surface area (Å²) in [6, 6.07) is 2.83. The summed E-state index contributed by atoms with van der Waals surface area (Å²) in [6.45, 7) is 1.38. The van der Waals surface area contributed by atoms with Crippen molar-refractivity contribution >= 4 is 17.6 Å². The SMILES string of the molecule is CC(CC(=O)N(C)c1ccc(F)cc1F)C(=O)O. The smallest absolute Gasteiger partial charge is 0.306 e. The van der Waals surface area contributed by atoms with Crippen LogP contribution >= 0.6 is 0 Å². The molecule has 0 saturated carbocycles. The van der Waals surface area contributed by atoms with Crippen LogP contribution in [0.5, 0.6) is 0 Å². The van der Waals surface area contributed by atoms with Crippen molar-refractivity contribution in [2.75, 3.05) is 11.9 Å². The first kappa shape index (κ1) is 14.1. The third-order valence-corrected chi connectivity index (χ3v) is 2.55. The number of aliphatic carboxylic acids is 1. The zero-order chi connectivity index (χ0) is 13.9. The number of carbonyl (C=O) groups excluding carboxylic acids is 1. The third-order valence-electron chi connectivity index (χ3n) is 2.55. The molecule has 0 heterocycles. The molecular formula is C12H13F2NO3. The van der Waals surface area contributed by atoms with E-state index in [9.17, 15) is 18.4 Å². The minimum atomic E-state index is -1.10. The van der Waals surface area contributed by atoms with Gasteiger partial charge >= 0.3 is 5.97 Å². The van der Waals surface area contributed by atoms with Crippen LogP contribution in [0, 0.1) is 17.6 Å². The molecule has 1 aromatic rings. The van der Waals surface area contributed by atoms with E-state index in [0.29, 0.717) is 6.07 Å². The van der Waals surface area contributed by atoms with E-state index in [1.165, 1.54) is 14.0 Å². The van der Waals surface area contributed by atoms with E-state index in [1.807, 2.05) is 0 Å². The highest BCUT2D eigenvalue weighted by molar-refractivity contribution is 5.94. The van der Waals surface area contributed by atoms with Gasteiger partial charge in [0.25, 0.3) is 0 Å². The second-order valence-corrected chi connectivity index (χ2v) is 3.99. The summed E-state index contributed by atoms with van der Waals surface area (Å²) in [5.74, 6) is -4.11. The first-order chi connectivity index (χ1) is 8.32. The molecule has 1 N–H and O–H groups in total. The van der Waals surface area contributed by atoms with Crippen LogP contribution in [0.15, 0.2) is 18.2 Å². The Balaban J connectivity index is 2.83. The summed E-state index contributed by atoms with van der Waals surface area (Å²) < 4.78 is 26.1. The van der Waals surface area contributed by atoms with E-state index in [0.717, 1.165) is 17.0 Å². The van der Waals surface area contributed by atoms with Crippen molar-refractivity contribution in [2.45, 2.75) is 13.3 Å². The van der Waals surface area contributed by atoms with E-state index < -0.39 is 29.4 Å². The summed E-state index contributed by atoms with van der Waals surface area (Å²) in [5, 5.41) is 8.68. The Morgan fingerprint density at radius 1 is 1.39 bits per heavy atom. The Morgan fingerprint density at radius 3 is 2.50 bits per heavy atom. The fourth-order valence-corrected chi connectivity index (χ4v) is 1.37. The van der Waals surface area contributed by atoms with Crippen LogP contribution in [0.25, 0.3) is 0 Å². The standard InChI is InChI=1S/C12H13F2NO3/c1-7(12(17)18)5-11(16)15(2)10-4-3-8(13)6-9(10)14/h3-4,6-7H,5H2,1-2H3,(H,17,18). The predicted octanol–water partition coefficient (Wildman–Crippen LogP) is 2.04. The van der Waals surface area contributed by atoms with Crippen molar-refractivity contribution in [3.63, 3.8) is 0 Å². The zero-order valence-electron chi connectivity index (χ0n) is 9.98. The van der Waals surface area contributed by atoms with Gasteiger partial charge in [-0.1, -0.05) is 6.92 Å². The van der Waals surface area contributed by atoms with Crippen molar-refractivity contribution in [2.24, 2.45) is 5.92 Å². The van der Waals surface area contributed by atoms with Gasteiger partial charge < -0.3 is 10.0 Å². The number of anilines is 1. The number of amides is 1. The molecule has 1 unspecified atom stereocenters. The molecule has 4 nitrogen and oxygen atoms in total.